The number of hydrogen-bond donors (Lipinski definition) is 3. The number of phenolic OH excluding ortho intramolecular Hbond substituents is 1. The zero-order chi connectivity index (χ0) is 19.9. The minimum Gasteiger partial charge on any atom is -0.507 e. The number of benzene rings is 1. The zero-order valence-electron chi connectivity index (χ0n) is 15.0. The Bertz CT molecular complexity index is 889. The molecule has 2 atom stereocenters. The number of nitrogens with one attached hydrogen (secondary N) is 1. The van der Waals surface area contributed by atoms with E-state index in [1.165, 1.54) is 6.07 Å². The molecule has 1 saturated heterocycles. The molecule has 6 nitrogen and oxygen atoms in total. The Morgan fingerprint density at radius 3 is 2.64 bits per heavy atom. The Hall–Kier alpha value is -2.39. The number of phenols is 1. The molecule has 0 radical (unpaired) electrons. The van der Waals surface area contributed by atoms with Crippen molar-refractivity contribution in [3.05, 3.63) is 34.9 Å². The van der Waals surface area contributed by atoms with Crippen LogP contribution >= 0.6 is 0 Å². The maximum absolute atomic E-state index is 12.9. The van der Waals surface area contributed by atoms with Crippen molar-refractivity contribution in [3.63, 3.8) is 0 Å². The quantitative estimate of drug-likeness (QED) is 0.741. The molecule has 1 aliphatic carbocycles. The fourth-order valence-electron chi connectivity index (χ4n) is 3.79. The average molecular weight is 395 g/mol. The van der Waals surface area contributed by atoms with Crippen molar-refractivity contribution in [1.82, 2.24) is 10.2 Å². The van der Waals surface area contributed by atoms with Crippen LogP contribution in [0, 0.1) is 0 Å². The van der Waals surface area contributed by atoms with Crippen molar-refractivity contribution in [2.75, 3.05) is 18.5 Å². The molecule has 9 heteroatoms. The third kappa shape index (κ3) is 3.51. The fourth-order valence-corrected chi connectivity index (χ4v) is 3.79. The number of aliphatic hydroxyl groups excluding tert-OH is 1. The lowest BCUT2D eigenvalue weighted by atomic mass is 10.0. The number of alkyl halides is 3. The molecule has 150 valence electrons. The monoisotopic (exact) mass is 395 g/mol. The van der Waals surface area contributed by atoms with E-state index in [4.69, 9.17) is 4.74 Å². The van der Waals surface area contributed by atoms with Crippen LogP contribution in [0.5, 0.6) is 5.75 Å². The smallest absolute Gasteiger partial charge is 0.416 e. The molecular weight excluding hydrogens is 375 g/mol. The number of aromatic nitrogens is 2. The number of ether oxygens (including phenoxy) is 1. The van der Waals surface area contributed by atoms with Gasteiger partial charge in [0, 0.05) is 17.7 Å². The predicted molar refractivity (Wildman–Crippen MR) is 95.0 cm³/mol. The van der Waals surface area contributed by atoms with Crippen molar-refractivity contribution >= 4 is 5.82 Å². The topological polar surface area (TPSA) is 87.5 Å². The van der Waals surface area contributed by atoms with Crippen LogP contribution in [0.15, 0.2) is 18.2 Å². The summed E-state index contributed by atoms with van der Waals surface area (Å²) in [5.41, 5.74) is 1.52. The molecule has 2 aliphatic rings. The van der Waals surface area contributed by atoms with Crippen LogP contribution in [0.4, 0.5) is 19.0 Å². The number of hydrogen-bond acceptors (Lipinski definition) is 6. The summed E-state index contributed by atoms with van der Waals surface area (Å²) in [5.74, 6) is 0.104. The van der Waals surface area contributed by atoms with Crippen LogP contribution in [0.25, 0.3) is 11.3 Å². The third-order valence-corrected chi connectivity index (χ3v) is 5.27. The molecular formula is C19H20F3N3O3. The Morgan fingerprint density at radius 2 is 1.93 bits per heavy atom. The van der Waals surface area contributed by atoms with Crippen LogP contribution in [0.1, 0.15) is 29.5 Å². The van der Waals surface area contributed by atoms with Crippen molar-refractivity contribution in [2.45, 2.75) is 44.0 Å². The molecule has 0 amide bonds. The summed E-state index contributed by atoms with van der Waals surface area (Å²) in [5, 5.41) is 31.9. The highest BCUT2D eigenvalue weighted by Crippen LogP contribution is 2.40. The summed E-state index contributed by atoms with van der Waals surface area (Å²) in [6.07, 6.45) is -2.22. The van der Waals surface area contributed by atoms with Gasteiger partial charge in [-0.3, -0.25) is 0 Å². The van der Waals surface area contributed by atoms with Crippen LogP contribution in [-0.2, 0) is 23.8 Å². The van der Waals surface area contributed by atoms with Gasteiger partial charge in [0.25, 0.3) is 0 Å². The molecule has 0 bridgehead atoms. The van der Waals surface area contributed by atoms with Crippen molar-refractivity contribution in [3.8, 4) is 17.0 Å². The molecule has 1 aromatic carbocycles. The number of nitrogens with zero attached hydrogens (tertiary/aromatic N) is 2. The lowest BCUT2D eigenvalue weighted by Crippen LogP contribution is -2.42. The molecule has 2 aromatic rings. The lowest BCUT2D eigenvalue weighted by Gasteiger charge is -2.29. The van der Waals surface area contributed by atoms with E-state index in [0.29, 0.717) is 37.0 Å². The molecule has 2 heterocycles. The first-order valence-electron chi connectivity index (χ1n) is 9.16. The Kier molecular flexibility index (Phi) is 4.88. The maximum atomic E-state index is 12.9. The standard InChI is InChI=1S/C19H20F3N3O3/c20-19(21,22)10-4-5-13(15(26)8-10)17-11-2-1-3-12(11)18(25-24-17)23-14-6-7-28-9-16(14)27/h4-5,8,14,16,26-27H,1-3,6-7,9H2,(H,23,25)/t14-,16-/m1/s1. The van der Waals surface area contributed by atoms with Gasteiger partial charge < -0.3 is 20.3 Å². The second kappa shape index (κ2) is 7.21. The van der Waals surface area contributed by atoms with E-state index in [0.717, 1.165) is 30.0 Å². The van der Waals surface area contributed by atoms with Gasteiger partial charge in [-0.25, -0.2) is 0 Å². The van der Waals surface area contributed by atoms with E-state index in [2.05, 4.69) is 15.5 Å². The molecule has 0 unspecified atom stereocenters. The van der Waals surface area contributed by atoms with Crippen LogP contribution in [0.2, 0.25) is 0 Å². The van der Waals surface area contributed by atoms with Gasteiger partial charge in [0.15, 0.2) is 5.82 Å². The lowest BCUT2D eigenvalue weighted by molar-refractivity contribution is -0.137. The van der Waals surface area contributed by atoms with Gasteiger partial charge >= 0.3 is 6.18 Å². The molecule has 4 rings (SSSR count). The van der Waals surface area contributed by atoms with E-state index in [9.17, 15) is 23.4 Å². The number of aliphatic hydroxyl groups is 1. The minimum atomic E-state index is -4.53. The summed E-state index contributed by atoms with van der Waals surface area (Å²) in [4.78, 5) is 0. The average Bonchev–Trinajstić information content (AvgIpc) is 3.13. The fraction of sp³-hybridized carbons (Fsp3) is 0.474. The number of halogens is 3. The first-order valence-corrected chi connectivity index (χ1v) is 9.16. The van der Waals surface area contributed by atoms with Crippen molar-refractivity contribution in [2.24, 2.45) is 0 Å². The van der Waals surface area contributed by atoms with E-state index in [1.54, 1.807) is 0 Å². The van der Waals surface area contributed by atoms with Crippen molar-refractivity contribution < 1.29 is 28.1 Å². The van der Waals surface area contributed by atoms with E-state index < -0.39 is 23.6 Å². The molecule has 0 saturated carbocycles. The first kappa shape index (κ1) is 18.9. The van der Waals surface area contributed by atoms with Gasteiger partial charge in [-0.1, -0.05) is 0 Å². The van der Waals surface area contributed by atoms with Crippen molar-refractivity contribution in [1.29, 1.82) is 0 Å². The SMILES string of the molecule is Oc1cc(C(F)(F)F)ccc1-c1nnc(N[C@@H]2CCOC[C@H]2O)c2c1CCC2. The first-order chi connectivity index (χ1) is 13.3. The van der Waals surface area contributed by atoms with E-state index >= 15 is 0 Å². The largest absolute Gasteiger partial charge is 0.507 e. The zero-order valence-corrected chi connectivity index (χ0v) is 15.0. The molecule has 28 heavy (non-hydrogen) atoms. The number of rotatable bonds is 3. The molecule has 1 aromatic heterocycles. The van der Waals surface area contributed by atoms with Gasteiger partial charge in [0.2, 0.25) is 0 Å². The number of fused-ring (bicyclic) bond motifs is 1. The molecule has 3 N–H and O–H groups in total. The van der Waals surface area contributed by atoms with Crippen LogP contribution in [0.3, 0.4) is 0 Å². The molecule has 1 fully saturated rings. The third-order valence-electron chi connectivity index (χ3n) is 5.27. The summed E-state index contributed by atoms with van der Waals surface area (Å²) >= 11 is 0. The highest BCUT2D eigenvalue weighted by molar-refractivity contribution is 5.73. The molecule has 0 spiro atoms. The summed E-state index contributed by atoms with van der Waals surface area (Å²) in [7, 11) is 0. The Balaban J connectivity index is 1.68. The Morgan fingerprint density at radius 1 is 1.14 bits per heavy atom. The summed E-state index contributed by atoms with van der Waals surface area (Å²) in [6.45, 7) is 0.798. The van der Waals surface area contributed by atoms with E-state index in [1.807, 2.05) is 0 Å². The summed E-state index contributed by atoms with van der Waals surface area (Å²) in [6, 6.07) is 2.68. The van der Waals surface area contributed by atoms with Gasteiger partial charge in [-0.05, 0) is 49.4 Å². The van der Waals surface area contributed by atoms with Crippen LogP contribution < -0.4 is 5.32 Å². The highest BCUT2D eigenvalue weighted by Gasteiger charge is 2.32. The normalized spacial score (nSPS) is 22.1. The summed E-state index contributed by atoms with van der Waals surface area (Å²) < 4.78 is 43.8. The number of anilines is 1. The second-order valence-electron chi connectivity index (χ2n) is 7.12. The Labute approximate surface area is 159 Å². The second-order valence-corrected chi connectivity index (χ2v) is 7.12. The van der Waals surface area contributed by atoms with Crippen LogP contribution in [-0.4, -0.2) is 45.8 Å². The minimum absolute atomic E-state index is 0.196. The van der Waals surface area contributed by atoms with Gasteiger partial charge in [0.1, 0.15) is 11.4 Å². The van der Waals surface area contributed by atoms with Gasteiger partial charge in [-0.2, -0.15) is 13.2 Å². The van der Waals surface area contributed by atoms with Gasteiger partial charge in [0.05, 0.1) is 24.3 Å². The maximum Gasteiger partial charge on any atom is 0.416 e. The van der Waals surface area contributed by atoms with Gasteiger partial charge in [-0.15, -0.1) is 10.2 Å². The predicted octanol–water partition coefficient (Wildman–Crippen LogP) is 2.92. The van der Waals surface area contributed by atoms with E-state index in [-0.39, 0.29) is 18.2 Å². The molecule has 1 aliphatic heterocycles. The highest BCUT2D eigenvalue weighted by atomic mass is 19.4. The number of aromatic hydroxyl groups is 1.